The van der Waals surface area contributed by atoms with E-state index in [0.29, 0.717) is 13.0 Å². The summed E-state index contributed by atoms with van der Waals surface area (Å²) >= 11 is 0. The highest BCUT2D eigenvalue weighted by atomic mass is 16.5. The van der Waals surface area contributed by atoms with Crippen molar-refractivity contribution in [3.63, 3.8) is 0 Å². The van der Waals surface area contributed by atoms with Crippen LogP contribution in [0, 0.1) is 6.92 Å². The molecule has 0 spiro atoms. The van der Waals surface area contributed by atoms with Crippen LogP contribution in [0.1, 0.15) is 30.6 Å². The largest absolute Gasteiger partial charge is 0.458 e. The number of nitrogens with one attached hydrogen (secondary N) is 1. The van der Waals surface area contributed by atoms with E-state index in [4.69, 9.17) is 4.74 Å². The van der Waals surface area contributed by atoms with Crippen LogP contribution in [-0.4, -0.2) is 12.5 Å². The predicted octanol–water partition coefficient (Wildman–Crippen LogP) is 4.10. The lowest BCUT2D eigenvalue weighted by molar-refractivity contribution is -0.148. The van der Waals surface area contributed by atoms with Crippen LogP contribution >= 0.6 is 0 Å². The lowest BCUT2D eigenvalue weighted by Gasteiger charge is -2.14. The normalized spacial score (nSPS) is 11.7. The Morgan fingerprint density at radius 2 is 1.76 bits per heavy atom. The Morgan fingerprint density at radius 1 is 1.10 bits per heavy atom. The number of carbonyl (C=O) groups is 1. The quantitative estimate of drug-likeness (QED) is 0.811. The number of aryl methyl sites for hydroxylation is 1. The minimum Gasteiger partial charge on any atom is -0.458 e. The SMILES string of the molecule is Cc1ccccc1NCCC(=O)OC(C)c1ccccc1. The molecule has 1 atom stereocenters. The molecule has 2 aromatic carbocycles. The van der Waals surface area contributed by atoms with Crippen LogP contribution < -0.4 is 5.32 Å². The van der Waals surface area contributed by atoms with Gasteiger partial charge in [-0.3, -0.25) is 4.79 Å². The van der Waals surface area contributed by atoms with E-state index < -0.39 is 0 Å². The molecule has 0 fully saturated rings. The maximum Gasteiger partial charge on any atom is 0.308 e. The Hall–Kier alpha value is -2.29. The molecule has 0 aliphatic carbocycles. The number of para-hydroxylation sites is 1. The summed E-state index contributed by atoms with van der Waals surface area (Å²) in [6, 6.07) is 17.8. The van der Waals surface area contributed by atoms with Gasteiger partial charge in [-0.2, -0.15) is 0 Å². The van der Waals surface area contributed by atoms with Crippen molar-refractivity contribution in [1.82, 2.24) is 0 Å². The van der Waals surface area contributed by atoms with Crippen molar-refractivity contribution in [3.05, 3.63) is 65.7 Å². The molecule has 1 unspecified atom stereocenters. The van der Waals surface area contributed by atoms with Gasteiger partial charge in [-0.05, 0) is 31.0 Å². The van der Waals surface area contributed by atoms with Crippen LogP contribution in [0.3, 0.4) is 0 Å². The average Bonchev–Trinajstić information content (AvgIpc) is 2.50. The summed E-state index contributed by atoms with van der Waals surface area (Å²) in [6.07, 6.45) is 0.142. The number of hydrogen-bond donors (Lipinski definition) is 1. The highest BCUT2D eigenvalue weighted by molar-refractivity contribution is 5.70. The first-order chi connectivity index (χ1) is 10.2. The van der Waals surface area contributed by atoms with Gasteiger partial charge in [0.05, 0.1) is 6.42 Å². The van der Waals surface area contributed by atoms with Crippen LogP contribution in [0.25, 0.3) is 0 Å². The third-order valence-electron chi connectivity index (χ3n) is 3.37. The monoisotopic (exact) mass is 283 g/mol. The second-order valence-corrected chi connectivity index (χ2v) is 5.03. The number of anilines is 1. The number of ether oxygens (including phenoxy) is 1. The summed E-state index contributed by atoms with van der Waals surface area (Å²) in [5, 5.41) is 3.26. The van der Waals surface area contributed by atoms with Crippen LogP contribution in [0.2, 0.25) is 0 Å². The van der Waals surface area contributed by atoms with Crippen LogP contribution in [0.5, 0.6) is 0 Å². The molecule has 2 aromatic rings. The summed E-state index contributed by atoms with van der Waals surface area (Å²) in [5.41, 5.74) is 3.24. The Morgan fingerprint density at radius 3 is 2.48 bits per heavy atom. The molecule has 110 valence electrons. The molecule has 3 heteroatoms. The Labute approximate surface area is 126 Å². The molecule has 21 heavy (non-hydrogen) atoms. The lowest BCUT2D eigenvalue weighted by atomic mass is 10.1. The highest BCUT2D eigenvalue weighted by Gasteiger charge is 2.11. The summed E-state index contributed by atoms with van der Waals surface area (Å²) in [6.45, 7) is 4.51. The molecule has 1 N–H and O–H groups in total. The van der Waals surface area contributed by atoms with Gasteiger partial charge >= 0.3 is 5.97 Å². The smallest absolute Gasteiger partial charge is 0.308 e. The van der Waals surface area contributed by atoms with Crippen molar-refractivity contribution < 1.29 is 9.53 Å². The van der Waals surface area contributed by atoms with Gasteiger partial charge in [0.15, 0.2) is 0 Å². The van der Waals surface area contributed by atoms with E-state index in [-0.39, 0.29) is 12.1 Å². The fourth-order valence-electron chi connectivity index (χ4n) is 2.12. The van der Waals surface area contributed by atoms with Crippen molar-refractivity contribution in [2.75, 3.05) is 11.9 Å². The second-order valence-electron chi connectivity index (χ2n) is 5.03. The number of carbonyl (C=O) groups excluding carboxylic acids is 1. The fourth-order valence-corrected chi connectivity index (χ4v) is 2.12. The third kappa shape index (κ3) is 4.63. The zero-order valence-corrected chi connectivity index (χ0v) is 12.5. The summed E-state index contributed by atoms with van der Waals surface area (Å²) in [4.78, 5) is 11.8. The molecule has 0 radical (unpaired) electrons. The third-order valence-corrected chi connectivity index (χ3v) is 3.37. The molecule has 0 saturated carbocycles. The van der Waals surface area contributed by atoms with Crippen molar-refractivity contribution >= 4 is 11.7 Å². The Kier molecular flexibility index (Phi) is 5.38. The Balaban J connectivity index is 1.76. The molecule has 0 aromatic heterocycles. The number of hydrogen-bond acceptors (Lipinski definition) is 3. The molecule has 0 aliphatic heterocycles. The minimum absolute atomic E-state index is 0.188. The summed E-state index contributed by atoms with van der Waals surface area (Å²) in [7, 11) is 0. The van der Waals surface area contributed by atoms with E-state index in [1.165, 1.54) is 5.56 Å². The van der Waals surface area contributed by atoms with Crippen molar-refractivity contribution in [2.45, 2.75) is 26.4 Å². The van der Waals surface area contributed by atoms with Gasteiger partial charge in [0.25, 0.3) is 0 Å². The molecule has 0 amide bonds. The maximum absolute atomic E-state index is 11.8. The minimum atomic E-state index is -0.211. The lowest BCUT2D eigenvalue weighted by Crippen LogP contribution is -2.14. The van der Waals surface area contributed by atoms with Crippen molar-refractivity contribution in [1.29, 1.82) is 0 Å². The molecular formula is C18H21NO2. The van der Waals surface area contributed by atoms with Gasteiger partial charge in [0.2, 0.25) is 0 Å². The molecule has 0 heterocycles. The molecule has 2 rings (SSSR count). The summed E-state index contributed by atoms with van der Waals surface area (Å²) in [5.74, 6) is -0.188. The first-order valence-electron chi connectivity index (χ1n) is 7.21. The topological polar surface area (TPSA) is 38.3 Å². The first-order valence-corrected chi connectivity index (χ1v) is 7.21. The van der Waals surface area contributed by atoms with Crippen molar-refractivity contribution in [3.8, 4) is 0 Å². The number of benzene rings is 2. The van der Waals surface area contributed by atoms with E-state index in [1.54, 1.807) is 0 Å². The Bertz CT molecular complexity index is 581. The summed E-state index contributed by atoms with van der Waals surface area (Å²) < 4.78 is 5.43. The van der Waals surface area contributed by atoms with Crippen LogP contribution in [0.15, 0.2) is 54.6 Å². The maximum atomic E-state index is 11.8. The zero-order chi connectivity index (χ0) is 15.1. The van der Waals surface area contributed by atoms with Gasteiger partial charge < -0.3 is 10.1 Å². The van der Waals surface area contributed by atoms with Gasteiger partial charge in [-0.15, -0.1) is 0 Å². The van der Waals surface area contributed by atoms with E-state index in [1.807, 2.05) is 68.4 Å². The van der Waals surface area contributed by atoms with Gasteiger partial charge in [0, 0.05) is 12.2 Å². The first kappa shape index (κ1) is 15.1. The zero-order valence-electron chi connectivity index (χ0n) is 12.5. The van der Waals surface area contributed by atoms with Gasteiger partial charge in [0.1, 0.15) is 6.10 Å². The molecular weight excluding hydrogens is 262 g/mol. The van der Waals surface area contributed by atoms with Crippen molar-refractivity contribution in [2.24, 2.45) is 0 Å². The molecule has 0 bridgehead atoms. The van der Waals surface area contributed by atoms with E-state index >= 15 is 0 Å². The van der Waals surface area contributed by atoms with Gasteiger partial charge in [-0.25, -0.2) is 0 Å². The molecule has 3 nitrogen and oxygen atoms in total. The second kappa shape index (κ2) is 7.48. The molecule has 0 saturated heterocycles. The number of rotatable bonds is 6. The average molecular weight is 283 g/mol. The number of esters is 1. The van der Waals surface area contributed by atoms with Gasteiger partial charge in [-0.1, -0.05) is 48.5 Å². The molecule has 0 aliphatic rings. The van der Waals surface area contributed by atoms with E-state index in [9.17, 15) is 4.79 Å². The van der Waals surface area contributed by atoms with E-state index in [0.717, 1.165) is 11.3 Å². The standard InChI is InChI=1S/C18H21NO2/c1-14-8-6-7-11-17(14)19-13-12-18(20)21-15(2)16-9-4-3-5-10-16/h3-11,15,19H,12-13H2,1-2H3. The van der Waals surface area contributed by atoms with Crippen LogP contribution in [0.4, 0.5) is 5.69 Å². The highest BCUT2D eigenvalue weighted by Crippen LogP contribution is 2.17. The predicted molar refractivity (Wildman–Crippen MR) is 85.2 cm³/mol. The van der Waals surface area contributed by atoms with E-state index in [2.05, 4.69) is 5.32 Å². The fraction of sp³-hybridized carbons (Fsp3) is 0.278. The van der Waals surface area contributed by atoms with Crippen LogP contribution in [-0.2, 0) is 9.53 Å².